The lowest BCUT2D eigenvalue weighted by atomic mass is 9.89. The highest BCUT2D eigenvalue weighted by Crippen LogP contribution is 2.25. The average Bonchev–Trinajstić information content (AvgIpc) is 3.09. The number of hydrogen-bond acceptors (Lipinski definition) is 3. The van der Waals surface area contributed by atoms with Gasteiger partial charge < -0.3 is 14.7 Å². The predicted molar refractivity (Wildman–Crippen MR) is 85.3 cm³/mol. The van der Waals surface area contributed by atoms with E-state index in [0.717, 1.165) is 44.3 Å². The van der Waals surface area contributed by atoms with Crippen molar-refractivity contribution in [3.8, 4) is 0 Å². The Hall–Kier alpha value is -1.88. The van der Waals surface area contributed by atoms with Crippen LogP contribution in [0.2, 0.25) is 0 Å². The van der Waals surface area contributed by atoms with E-state index in [9.17, 15) is 9.59 Å². The first-order valence-electron chi connectivity index (χ1n) is 8.32. The van der Waals surface area contributed by atoms with Crippen LogP contribution >= 0.6 is 0 Å². The largest absolute Gasteiger partial charge is 0.478 e. The van der Waals surface area contributed by atoms with E-state index in [1.807, 2.05) is 11.0 Å². The molecule has 0 unspecified atom stereocenters. The van der Waals surface area contributed by atoms with Crippen molar-refractivity contribution in [3.05, 3.63) is 35.4 Å². The minimum atomic E-state index is -0.883. The molecule has 5 heteroatoms. The second kappa shape index (κ2) is 7.13. The van der Waals surface area contributed by atoms with E-state index in [2.05, 4.69) is 0 Å². The Morgan fingerprint density at radius 3 is 2.65 bits per heavy atom. The average molecular weight is 317 g/mol. The maximum Gasteiger partial charge on any atom is 0.335 e. The Morgan fingerprint density at radius 1 is 1.22 bits per heavy atom. The quantitative estimate of drug-likeness (QED) is 0.924. The summed E-state index contributed by atoms with van der Waals surface area (Å²) in [6, 6.07) is 7.17. The number of aromatic carboxylic acids is 1. The van der Waals surface area contributed by atoms with Crippen molar-refractivity contribution in [1.29, 1.82) is 0 Å². The summed E-state index contributed by atoms with van der Waals surface area (Å²) in [5, 5.41) is 9.06. The smallest absolute Gasteiger partial charge is 0.335 e. The van der Waals surface area contributed by atoms with Crippen LogP contribution in [0.15, 0.2) is 24.3 Å². The first-order chi connectivity index (χ1) is 11.1. The normalized spacial score (nSPS) is 22.3. The van der Waals surface area contributed by atoms with E-state index in [1.54, 1.807) is 18.2 Å². The molecule has 2 aliphatic rings. The monoisotopic (exact) mass is 317 g/mol. The van der Waals surface area contributed by atoms with Crippen LogP contribution in [0.25, 0.3) is 0 Å². The molecule has 0 aliphatic carbocycles. The maximum atomic E-state index is 12.4. The van der Waals surface area contributed by atoms with Crippen molar-refractivity contribution in [1.82, 2.24) is 4.90 Å². The number of carboxylic acids is 1. The zero-order valence-corrected chi connectivity index (χ0v) is 13.2. The van der Waals surface area contributed by atoms with Gasteiger partial charge in [-0.3, -0.25) is 4.79 Å². The molecule has 124 valence electrons. The van der Waals surface area contributed by atoms with Crippen molar-refractivity contribution in [2.75, 3.05) is 26.3 Å². The summed E-state index contributed by atoms with van der Waals surface area (Å²) in [4.78, 5) is 25.4. The van der Waals surface area contributed by atoms with Crippen LogP contribution in [0.1, 0.15) is 35.2 Å². The van der Waals surface area contributed by atoms with Gasteiger partial charge in [0.1, 0.15) is 0 Å². The van der Waals surface area contributed by atoms with Crippen LogP contribution in [-0.4, -0.2) is 48.2 Å². The Bertz CT molecular complexity index is 572. The van der Waals surface area contributed by atoms with E-state index >= 15 is 0 Å². The zero-order valence-electron chi connectivity index (χ0n) is 13.2. The summed E-state index contributed by atoms with van der Waals surface area (Å²) >= 11 is 0. The summed E-state index contributed by atoms with van der Waals surface area (Å²) in [5.74, 6) is -0.0680. The standard InChI is InChI=1S/C18H23NO4/c20-17(16-6-9-23-12-16)19-7-4-13(5-8-19)10-14-2-1-3-15(11-14)18(21)22/h1-3,11,13,16H,4-10,12H2,(H,21,22)/t16-/m0/s1. The van der Waals surface area contributed by atoms with Crippen molar-refractivity contribution in [2.24, 2.45) is 11.8 Å². The highest BCUT2D eigenvalue weighted by atomic mass is 16.5. The van der Waals surface area contributed by atoms with Crippen LogP contribution < -0.4 is 0 Å². The summed E-state index contributed by atoms with van der Waals surface area (Å²) in [5.41, 5.74) is 1.41. The number of piperidine rings is 1. The van der Waals surface area contributed by atoms with Gasteiger partial charge in [0, 0.05) is 19.7 Å². The van der Waals surface area contributed by atoms with Crippen molar-refractivity contribution in [2.45, 2.75) is 25.7 Å². The number of carbonyl (C=O) groups excluding carboxylic acids is 1. The second-order valence-corrected chi connectivity index (χ2v) is 6.54. The molecule has 2 saturated heterocycles. The zero-order chi connectivity index (χ0) is 16.2. The fraction of sp³-hybridized carbons (Fsp3) is 0.556. The number of nitrogens with zero attached hydrogens (tertiary/aromatic N) is 1. The lowest BCUT2D eigenvalue weighted by Crippen LogP contribution is -2.42. The lowest BCUT2D eigenvalue weighted by molar-refractivity contribution is -0.136. The van der Waals surface area contributed by atoms with Crippen LogP contribution in [0, 0.1) is 11.8 Å². The van der Waals surface area contributed by atoms with E-state index in [0.29, 0.717) is 24.7 Å². The van der Waals surface area contributed by atoms with Gasteiger partial charge in [0.2, 0.25) is 5.91 Å². The van der Waals surface area contributed by atoms with E-state index in [-0.39, 0.29) is 11.8 Å². The molecule has 0 spiro atoms. The van der Waals surface area contributed by atoms with Gasteiger partial charge >= 0.3 is 5.97 Å². The molecule has 0 bridgehead atoms. The number of rotatable bonds is 4. The van der Waals surface area contributed by atoms with E-state index in [4.69, 9.17) is 9.84 Å². The Labute approximate surface area is 136 Å². The predicted octanol–water partition coefficient (Wildman–Crippen LogP) is 2.20. The molecule has 0 aromatic heterocycles. The van der Waals surface area contributed by atoms with Gasteiger partial charge in [-0.1, -0.05) is 12.1 Å². The number of amides is 1. The number of ether oxygens (including phenoxy) is 1. The number of benzene rings is 1. The minimum absolute atomic E-state index is 0.0544. The Kier molecular flexibility index (Phi) is 4.96. The van der Waals surface area contributed by atoms with E-state index < -0.39 is 5.97 Å². The topological polar surface area (TPSA) is 66.8 Å². The number of likely N-dealkylation sites (tertiary alicyclic amines) is 1. The summed E-state index contributed by atoms with van der Waals surface area (Å²) < 4.78 is 5.30. The molecular formula is C18H23NO4. The van der Waals surface area contributed by atoms with Crippen molar-refractivity contribution in [3.63, 3.8) is 0 Å². The Morgan fingerprint density at radius 2 is 2.00 bits per heavy atom. The van der Waals surface area contributed by atoms with Crippen LogP contribution in [-0.2, 0) is 16.0 Å². The van der Waals surface area contributed by atoms with Crippen LogP contribution in [0.4, 0.5) is 0 Å². The fourth-order valence-corrected chi connectivity index (χ4v) is 3.51. The van der Waals surface area contributed by atoms with Gasteiger partial charge in [0.05, 0.1) is 18.1 Å². The van der Waals surface area contributed by atoms with Gasteiger partial charge in [-0.25, -0.2) is 4.79 Å². The molecule has 2 heterocycles. The third-order valence-corrected chi connectivity index (χ3v) is 4.90. The highest BCUT2D eigenvalue weighted by Gasteiger charge is 2.30. The van der Waals surface area contributed by atoms with Gasteiger partial charge in [-0.2, -0.15) is 0 Å². The molecule has 1 N–H and O–H groups in total. The fourth-order valence-electron chi connectivity index (χ4n) is 3.51. The molecule has 1 aromatic rings. The Balaban J connectivity index is 1.52. The first-order valence-corrected chi connectivity index (χ1v) is 8.32. The number of carboxylic acid groups (broad SMARTS) is 1. The minimum Gasteiger partial charge on any atom is -0.478 e. The summed E-state index contributed by atoms with van der Waals surface area (Å²) in [7, 11) is 0. The summed E-state index contributed by atoms with van der Waals surface area (Å²) in [6.07, 6.45) is 3.70. The molecule has 3 rings (SSSR count). The third kappa shape index (κ3) is 3.91. The molecule has 1 amide bonds. The van der Waals surface area contributed by atoms with Gasteiger partial charge in [0.25, 0.3) is 0 Å². The molecule has 2 aliphatic heterocycles. The lowest BCUT2D eigenvalue weighted by Gasteiger charge is -2.33. The number of carbonyl (C=O) groups is 2. The maximum absolute atomic E-state index is 12.4. The highest BCUT2D eigenvalue weighted by molar-refractivity contribution is 5.87. The molecule has 1 atom stereocenters. The number of hydrogen-bond donors (Lipinski definition) is 1. The molecule has 2 fully saturated rings. The van der Waals surface area contributed by atoms with Crippen LogP contribution in [0.5, 0.6) is 0 Å². The van der Waals surface area contributed by atoms with Gasteiger partial charge in [-0.05, 0) is 49.3 Å². The summed E-state index contributed by atoms with van der Waals surface area (Å²) in [6.45, 7) is 2.88. The molecule has 0 saturated carbocycles. The van der Waals surface area contributed by atoms with Crippen molar-refractivity contribution < 1.29 is 19.4 Å². The molecule has 23 heavy (non-hydrogen) atoms. The molecule has 0 radical (unpaired) electrons. The molecular weight excluding hydrogens is 294 g/mol. The second-order valence-electron chi connectivity index (χ2n) is 6.54. The van der Waals surface area contributed by atoms with Crippen LogP contribution in [0.3, 0.4) is 0 Å². The molecule has 5 nitrogen and oxygen atoms in total. The van der Waals surface area contributed by atoms with Gasteiger partial charge in [-0.15, -0.1) is 0 Å². The van der Waals surface area contributed by atoms with Crippen molar-refractivity contribution >= 4 is 11.9 Å². The van der Waals surface area contributed by atoms with E-state index in [1.165, 1.54) is 0 Å². The third-order valence-electron chi connectivity index (χ3n) is 4.90. The van der Waals surface area contributed by atoms with Gasteiger partial charge in [0.15, 0.2) is 0 Å². The molecule has 1 aromatic carbocycles. The first kappa shape index (κ1) is 16.0. The SMILES string of the molecule is O=C(O)c1cccc(CC2CCN(C(=O)[C@H]3CCOC3)CC2)c1.